The second-order valence-electron chi connectivity index (χ2n) is 7.85. The predicted octanol–water partition coefficient (Wildman–Crippen LogP) is 3.81. The lowest BCUT2D eigenvalue weighted by molar-refractivity contribution is 0.0932. The minimum atomic E-state index is -0.297. The molecule has 27 heavy (non-hydrogen) atoms. The fourth-order valence-corrected chi connectivity index (χ4v) is 3.59. The van der Waals surface area contributed by atoms with E-state index in [2.05, 4.69) is 32.5 Å². The second-order valence-corrected chi connectivity index (χ2v) is 7.85. The Balaban J connectivity index is 1.32. The summed E-state index contributed by atoms with van der Waals surface area (Å²) < 4.78 is 5.30. The molecule has 2 heterocycles. The smallest absolute Gasteiger partial charge is 0.251 e. The molecular formula is C21H28N4O2. The first-order chi connectivity index (χ1) is 13.2. The average Bonchev–Trinajstić information content (AvgIpc) is 3.46. The molecule has 1 saturated heterocycles. The SMILES string of the molecule is C[C@H](NC(=O)c1ccc(CN2CCCCCC2)cc1)c1nc(C2CC2)no1. The largest absolute Gasteiger partial charge is 0.341 e. The van der Waals surface area contributed by atoms with Crippen LogP contribution in [-0.4, -0.2) is 34.0 Å². The van der Waals surface area contributed by atoms with Gasteiger partial charge in [-0.25, -0.2) is 0 Å². The third kappa shape index (κ3) is 4.75. The Morgan fingerprint density at radius 1 is 1.19 bits per heavy atom. The van der Waals surface area contributed by atoms with Crippen molar-refractivity contribution >= 4 is 5.91 Å². The number of benzene rings is 1. The van der Waals surface area contributed by atoms with Crippen LogP contribution in [0.1, 0.15) is 85.0 Å². The van der Waals surface area contributed by atoms with E-state index < -0.39 is 0 Å². The fraction of sp³-hybridized carbons (Fsp3) is 0.571. The van der Waals surface area contributed by atoms with Crippen LogP contribution in [0.25, 0.3) is 0 Å². The zero-order valence-electron chi connectivity index (χ0n) is 16.0. The highest BCUT2D eigenvalue weighted by Gasteiger charge is 2.29. The summed E-state index contributed by atoms with van der Waals surface area (Å²) in [4.78, 5) is 19.4. The lowest BCUT2D eigenvalue weighted by atomic mass is 10.1. The van der Waals surface area contributed by atoms with Crippen molar-refractivity contribution in [3.8, 4) is 0 Å². The van der Waals surface area contributed by atoms with Crippen molar-refractivity contribution in [2.45, 2.75) is 64.0 Å². The first-order valence-corrected chi connectivity index (χ1v) is 10.1. The Bertz CT molecular complexity index is 759. The van der Waals surface area contributed by atoms with Crippen molar-refractivity contribution in [1.29, 1.82) is 0 Å². The lowest BCUT2D eigenvalue weighted by Crippen LogP contribution is -2.27. The monoisotopic (exact) mass is 368 g/mol. The predicted molar refractivity (Wildman–Crippen MR) is 102 cm³/mol. The molecule has 0 unspecified atom stereocenters. The average molecular weight is 368 g/mol. The molecule has 0 spiro atoms. The Labute approximate surface area is 160 Å². The molecule has 1 N–H and O–H groups in total. The van der Waals surface area contributed by atoms with E-state index in [-0.39, 0.29) is 11.9 Å². The molecule has 4 rings (SSSR count). The Kier molecular flexibility index (Phi) is 5.53. The van der Waals surface area contributed by atoms with Crippen molar-refractivity contribution in [2.75, 3.05) is 13.1 Å². The third-order valence-corrected chi connectivity index (χ3v) is 5.44. The van der Waals surface area contributed by atoms with Crippen LogP contribution < -0.4 is 5.32 Å². The summed E-state index contributed by atoms with van der Waals surface area (Å²) in [6.07, 6.45) is 7.52. The first-order valence-electron chi connectivity index (χ1n) is 10.1. The molecule has 1 aromatic carbocycles. The van der Waals surface area contributed by atoms with E-state index in [0.717, 1.165) is 25.2 Å². The number of carbonyl (C=O) groups is 1. The van der Waals surface area contributed by atoms with Crippen LogP contribution in [0.3, 0.4) is 0 Å². The van der Waals surface area contributed by atoms with Gasteiger partial charge < -0.3 is 9.84 Å². The molecule has 0 radical (unpaired) electrons. The minimum Gasteiger partial charge on any atom is -0.341 e. The van der Waals surface area contributed by atoms with Crippen molar-refractivity contribution in [1.82, 2.24) is 20.4 Å². The van der Waals surface area contributed by atoms with E-state index >= 15 is 0 Å². The molecule has 1 aliphatic carbocycles. The van der Waals surface area contributed by atoms with E-state index in [1.807, 2.05) is 19.1 Å². The van der Waals surface area contributed by atoms with Crippen LogP contribution in [0.2, 0.25) is 0 Å². The van der Waals surface area contributed by atoms with Crippen molar-refractivity contribution in [3.05, 3.63) is 47.1 Å². The highest BCUT2D eigenvalue weighted by atomic mass is 16.5. The molecule has 2 aromatic rings. The molecule has 1 amide bonds. The number of rotatable bonds is 6. The highest BCUT2D eigenvalue weighted by molar-refractivity contribution is 5.94. The maximum atomic E-state index is 12.5. The molecule has 1 saturated carbocycles. The summed E-state index contributed by atoms with van der Waals surface area (Å²) in [6, 6.07) is 7.62. The van der Waals surface area contributed by atoms with Crippen LogP contribution >= 0.6 is 0 Å². The second kappa shape index (κ2) is 8.21. The molecule has 1 aliphatic heterocycles. The molecule has 0 bridgehead atoms. The quantitative estimate of drug-likeness (QED) is 0.839. The van der Waals surface area contributed by atoms with Gasteiger partial charge in [0.1, 0.15) is 6.04 Å². The zero-order chi connectivity index (χ0) is 18.6. The van der Waals surface area contributed by atoms with Gasteiger partial charge in [-0.1, -0.05) is 30.1 Å². The summed E-state index contributed by atoms with van der Waals surface area (Å²) in [5.74, 6) is 1.57. The van der Waals surface area contributed by atoms with Crippen LogP contribution in [0.4, 0.5) is 0 Å². The first kappa shape index (κ1) is 18.2. The summed E-state index contributed by atoms with van der Waals surface area (Å²) in [5, 5.41) is 6.96. The Morgan fingerprint density at radius 2 is 1.89 bits per heavy atom. The number of aromatic nitrogens is 2. The van der Waals surface area contributed by atoms with Crippen LogP contribution in [-0.2, 0) is 6.54 Å². The van der Waals surface area contributed by atoms with Gasteiger partial charge in [0.15, 0.2) is 5.82 Å². The number of hydrogen-bond acceptors (Lipinski definition) is 5. The Morgan fingerprint density at radius 3 is 2.56 bits per heavy atom. The van der Waals surface area contributed by atoms with Gasteiger partial charge in [0.05, 0.1) is 0 Å². The molecule has 6 nitrogen and oxygen atoms in total. The van der Waals surface area contributed by atoms with Crippen molar-refractivity contribution in [3.63, 3.8) is 0 Å². The number of nitrogens with zero attached hydrogens (tertiary/aromatic N) is 3. The summed E-state index contributed by atoms with van der Waals surface area (Å²) >= 11 is 0. The van der Waals surface area contributed by atoms with Crippen molar-refractivity contribution < 1.29 is 9.32 Å². The molecule has 1 atom stereocenters. The van der Waals surface area contributed by atoms with Gasteiger partial charge in [0.25, 0.3) is 5.91 Å². The van der Waals surface area contributed by atoms with E-state index in [9.17, 15) is 4.79 Å². The third-order valence-electron chi connectivity index (χ3n) is 5.44. The van der Waals surface area contributed by atoms with E-state index in [4.69, 9.17) is 4.52 Å². The lowest BCUT2D eigenvalue weighted by Gasteiger charge is -2.19. The van der Waals surface area contributed by atoms with Crippen molar-refractivity contribution in [2.24, 2.45) is 0 Å². The van der Waals surface area contributed by atoms with Crippen LogP contribution in [0, 0.1) is 0 Å². The maximum absolute atomic E-state index is 12.5. The number of nitrogens with one attached hydrogen (secondary N) is 1. The Hall–Kier alpha value is -2.21. The summed E-state index contributed by atoms with van der Waals surface area (Å²) in [5.41, 5.74) is 1.91. The molecule has 1 aromatic heterocycles. The molecular weight excluding hydrogens is 340 g/mol. The maximum Gasteiger partial charge on any atom is 0.251 e. The van der Waals surface area contributed by atoms with Gasteiger partial charge in [-0.2, -0.15) is 4.98 Å². The minimum absolute atomic E-state index is 0.116. The van der Waals surface area contributed by atoms with Gasteiger partial charge in [-0.3, -0.25) is 9.69 Å². The summed E-state index contributed by atoms with van der Waals surface area (Å²) in [7, 11) is 0. The highest BCUT2D eigenvalue weighted by Crippen LogP contribution is 2.38. The molecule has 2 aliphatic rings. The van der Waals surface area contributed by atoms with E-state index in [0.29, 0.717) is 17.4 Å². The van der Waals surface area contributed by atoms with Gasteiger partial charge >= 0.3 is 0 Å². The fourth-order valence-electron chi connectivity index (χ4n) is 3.59. The summed E-state index contributed by atoms with van der Waals surface area (Å²) in [6.45, 7) is 5.18. The van der Waals surface area contributed by atoms with Gasteiger partial charge in [-0.15, -0.1) is 0 Å². The van der Waals surface area contributed by atoms with Gasteiger partial charge in [0.2, 0.25) is 5.89 Å². The molecule has 144 valence electrons. The van der Waals surface area contributed by atoms with Gasteiger partial charge in [0, 0.05) is 18.0 Å². The number of amides is 1. The van der Waals surface area contributed by atoms with Crippen LogP contribution in [0.5, 0.6) is 0 Å². The standard InChI is InChI=1S/C21H28N4O2/c1-15(21-23-19(24-27-21)17-10-11-17)22-20(26)18-8-6-16(7-9-18)14-25-12-4-2-3-5-13-25/h6-9,15,17H,2-5,10-14H2,1H3,(H,22,26)/t15-/m0/s1. The molecule has 2 fully saturated rings. The number of hydrogen-bond donors (Lipinski definition) is 1. The normalized spacial score (nSPS) is 19.4. The topological polar surface area (TPSA) is 71.3 Å². The number of likely N-dealkylation sites (tertiary alicyclic amines) is 1. The molecule has 6 heteroatoms. The van der Waals surface area contributed by atoms with Gasteiger partial charge in [-0.05, 0) is 63.4 Å². The number of carbonyl (C=O) groups excluding carboxylic acids is 1. The van der Waals surface area contributed by atoms with E-state index in [1.165, 1.54) is 44.3 Å². The zero-order valence-corrected chi connectivity index (χ0v) is 16.0. The van der Waals surface area contributed by atoms with E-state index in [1.54, 1.807) is 0 Å². The van der Waals surface area contributed by atoms with Crippen LogP contribution in [0.15, 0.2) is 28.8 Å².